The fourth-order valence-electron chi connectivity index (χ4n) is 3.72. The molecule has 1 aromatic rings. The molecule has 1 atom stereocenters. The van der Waals surface area contributed by atoms with E-state index in [1.807, 2.05) is 17.3 Å². The fraction of sp³-hybridized carbons (Fsp3) is 0.765. The number of likely N-dealkylation sites (tertiary alicyclic amines) is 1. The summed E-state index contributed by atoms with van der Waals surface area (Å²) in [5.41, 5.74) is 0. The van der Waals surface area contributed by atoms with E-state index in [9.17, 15) is 4.79 Å². The molecule has 6 nitrogen and oxygen atoms in total. The highest BCUT2D eigenvalue weighted by atomic mass is 16.2. The van der Waals surface area contributed by atoms with Crippen LogP contribution in [0.15, 0.2) is 12.4 Å². The first-order valence-electron chi connectivity index (χ1n) is 8.93. The number of carbonyl (C=O) groups is 1. The van der Waals surface area contributed by atoms with E-state index in [0.717, 1.165) is 51.4 Å². The molecule has 1 amide bonds. The quantitative estimate of drug-likeness (QED) is 0.865. The Hall–Kier alpha value is -1.40. The van der Waals surface area contributed by atoms with Gasteiger partial charge in [0.25, 0.3) is 0 Å². The Morgan fingerprint density at radius 1 is 1.30 bits per heavy atom. The molecule has 0 spiro atoms. The SMILES string of the molecule is Cn1ccnc1CC[C@H]1CCCCN1CC(=O)N1CCNCC1. The highest BCUT2D eigenvalue weighted by Gasteiger charge is 2.26. The largest absolute Gasteiger partial charge is 0.339 e. The van der Waals surface area contributed by atoms with Crippen LogP contribution in [0.2, 0.25) is 0 Å². The predicted molar refractivity (Wildman–Crippen MR) is 90.2 cm³/mol. The van der Waals surface area contributed by atoms with Gasteiger partial charge in [0.2, 0.25) is 5.91 Å². The van der Waals surface area contributed by atoms with Crippen LogP contribution in [0.5, 0.6) is 0 Å². The molecule has 0 bridgehead atoms. The average Bonchev–Trinajstić information content (AvgIpc) is 3.00. The summed E-state index contributed by atoms with van der Waals surface area (Å²) in [6.45, 7) is 5.20. The molecule has 2 fully saturated rings. The number of piperazine rings is 1. The lowest BCUT2D eigenvalue weighted by molar-refractivity contribution is -0.134. The second-order valence-corrected chi connectivity index (χ2v) is 6.74. The van der Waals surface area contributed by atoms with E-state index in [4.69, 9.17) is 0 Å². The highest BCUT2D eigenvalue weighted by molar-refractivity contribution is 5.78. The molecule has 6 heteroatoms. The van der Waals surface area contributed by atoms with Crippen molar-refractivity contribution in [2.45, 2.75) is 38.1 Å². The molecule has 128 valence electrons. The van der Waals surface area contributed by atoms with Crippen molar-refractivity contribution in [3.8, 4) is 0 Å². The Morgan fingerprint density at radius 2 is 2.13 bits per heavy atom. The summed E-state index contributed by atoms with van der Waals surface area (Å²) < 4.78 is 2.10. The zero-order chi connectivity index (χ0) is 16.1. The normalized spacial score (nSPS) is 23.2. The van der Waals surface area contributed by atoms with E-state index in [2.05, 4.69) is 26.8 Å². The van der Waals surface area contributed by atoms with E-state index in [1.54, 1.807) is 0 Å². The summed E-state index contributed by atoms with van der Waals surface area (Å²) in [4.78, 5) is 21.4. The van der Waals surface area contributed by atoms with Crippen LogP contribution in [-0.4, -0.2) is 70.6 Å². The van der Waals surface area contributed by atoms with Gasteiger partial charge < -0.3 is 14.8 Å². The van der Waals surface area contributed by atoms with Gasteiger partial charge >= 0.3 is 0 Å². The fourth-order valence-corrected chi connectivity index (χ4v) is 3.72. The third-order valence-electron chi connectivity index (χ3n) is 5.18. The van der Waals surface area contributed by atoms with Crippen molar-refractivity contribution in [3.05, 3.63) is 18.2 Å². The number of hydrogen-bond donors (Lipinski definition) is 1. The van der Waals surface area contributed by atoms with Crippen LogP contribution in [0.4, 0.5) is 0 Å². The van der Waals surface area contributed by atoms with E-state index >= 15 is 0 Å². The van der Waals surface area contributed by atoms with Gasteiger partial charge in [-0.25, -0.2) is 4.98 Å². The molecule has 0 aliphatic carbocycles. The van der Waals surface area contributed by atoms with Crippen LogP contribution in [0.3, 0.4) is 0 Å². The number of hydrogen-bond acceptors (Lipinski definition) is 4. The Morgan fingerprint density at radius 3 is 2.87 bits per heavy atom. The van der Waals surface area contributed by atoms with Crippen LogP contribution in [0.25, 0.3) is 0 Å². The minimum Gasteiger partial charge on any atom is -0.339 e. The zero-order valence-corrected chi connectivity index (χ0v) is 14.2. The topological polar surface area (TPSA) is 53.4 Å². The number of aryl methyl sites for hydroxylation is 2. The highest BCUT2D eigenvalue weighted by Crippen LogP contribution is 2.21. The number of carbonyl (C=O) groups excluding carboxylic acids is 1. The number of imidazole rings is 1. The van der Waals surface area contributed by atoms with Crippen LogP contribution >= 0.6 is 0 Å². The zero-order valence-electron chi connectivity index (χ0n) is 14.2. The number of aromatic nitrogens is 2. The molecule has 0 saturated carbocycles. The molecule has 2 saturated heterocycles. The molecule has 2 aliphatic rings. The minimum absolute atomic E-state index is 0.301. The Labute approximate surface area is 138 Å². The molecule has 3 rings (SSSR count). The molecule has 0 radical (unpaired) electrons. The number of nitrogens with one attached hydrogen (secondary N) is 1. The predicted octanol–water partition coefficient (Wildman–Crippen LogP) is 0.639. The lowest BCUT2D eigenvalue weighted by Gasteiger charge is -2.37. The molecule has 1 N–H and O–H groups in total. The average molecular weight is 319 g/mol. The summed E-state index contributed by atoms with van der Waals surface area (Å²) in [7, 11) is 2.05. The van der Waals surface area contributed by atoms with Gasteiger partial charge in [-0.05, 0) is 25.8 Å². The van der Waals surface area contributed by atoms with Crippen LogP contribution in [0, 0.1) is 0 Å². The second-order valence-electron chi connectivity index (χ2n) is 6.74. The summed E-state index contributed by atoms with van der Waals surface area (Å²) in [5.74, 6) is 1.44. The maximum atomic E-state index is 12.5. The van der Waals surface area contributed by atoms with Crippen molar-refractivity contribution in [2.24, 2.45) is 7.05 Å². The molecule has 1 aromatic heterocycles. The number of amides is 1. The summed E-state index contributed by atoms with van der Waals surface area (Å²) >= 11 is 0. The molecule has 0 unspecified atom stereocenters. The van der Waals surface area contributed by atoms with Crippen LogP contribution in [0.1, 0.15) is 31.5 Å². The van der Waals surface area contributed by atoms with Gasteiger partial charge in [-0.3, -0.25) is 9.69 Å². The van der Waals surface area contributed by atoms with Gasteiger partial charge in [-0.15, -0.1) is 0 Å². The Bertz CT molecular complexity index is 509. The van der Waals surface area contributed by atoms with Gasteiger partial charge in [0.15, 0.2) is 0 Å². The van der Waals surface area contributed by atoms with Gasteiger partial charge in [0, 0.05) is 58.1 Å². The number of rotatable bonds is 5. The molecular weight excluding hydrogens is 290 g/mol. The first kappa shape index (κ1) is 16.5. The van der Waals surface area contributed by atoms with E-state index in [1.165, 1.54) is 19.3 Å². The van der Waals surface area contributed by atoms with Crippen molar-refractivity contribution < 1.29 is 4.79 Å². The molecule has 2 aliphatic heterocycles. The van der Waals surface area contributed by atoms with Gasteiger partial charge in [0.05, 0.1) is 6.54 Å². The molecular formula is C17H29N5O. The first-order valence-corrected chi connectivity index (χ1v) is 8.93. The molecule has 23 heavy (non-hydrogen) atoms. The van der Waals surface area contributed by atoms with Gasteiger partial charge in [0.1, 0.15) is 5.82 Å². The Balaban J connectivity index is 1.53. The van der Waals surface area contributed by atoms with Crippen molar-refractivity contribution >= 4 is 5.91 Å². The standard InChI is InChI=1S/C17H29N5O/c1-20-11-9-19-16(20)6-5-15-4-2-3-10-22(15)14-17(23)21-12-7-18-8-13-21/h9,11,15,18H,2-8,10,12-14H2,1H3/t15-/m1/s1. The summed E-state index contributed by atoms with van der Waals surface area (Å²) in [5, 5.41) is 3.31. The number of piperidine rings is 1. The van der Waals surface area contributed by atoms with Crippen molar-refractivity contribution in [3.63, 3.8) is 0 Å². The minimum atomic E-state index is 0.301. The monoisotopic (exact) mass is 319 g/mol. The van der Waals surface area contributed by atoms with E-state index in [-0.39, 0.29) is 0 Å². The summed E-state index contributed by atoms with van der Waals surface area (Å²) in [6, 6.07) is 0.521. The molecule has 0 aromatic carbocycles. The second kappa shape index (κ2) is 7.93. The lowest BCUT2D eigenvalue weighted by atomic mass is 9.97. The van der Waals surface area contributed by atoms with Gasteiger partial charge in [-0.2, -0.15) is 0 Å². The number of nitrogens with zero attached hydrogens (tertiary/aromatic N) is 4. The third-order valence-corrected chi connectivity index (χ3v) is 5.18. The van der Waals surface area contributed by atoms with E-state index < -0.39 is 0 Å². The maximum Gasteiger partial charge on any atom is 0.236 e. The third kappa shape index (κ3) is 4.32. The maximum absolute atomic E-state index is 12.5. The van der Waals surface area contributed by atoms with Gasteiger partial charge in [-0.1, -0.05) is 6.42 Å². The van der Waals surface area contributed by atoms with Crippen molar-refractivity contribution in [1.29, 1.82) is 0 Å². The summed E-state index contributed by atoms with van der Waals surface area (Å²) in [6.07, 6.45) is 9.66. The van der Waals surface area contributed by atoms with Crippen molar-refractivity contribution in [2.75, 3.05) is 39.3 Å². The van der Waals surface area contributed by atoms with E-state index in [0.29, 0.717) is 18.5 Å². The first-order chi connectivity index (χ1) is 11.2. The lowest BCUT2D eigenvalue weighted by Crippen LogP contribution is -2.51. The molecule has 3 heterocycles. The Kier molecular flexibility index (Phi) is 5.67. The van der Waals surface area contributed by atoms with Crippen LogP contribution in [-0.2, 0) is 18.3 Å². The smallest absolute Gasteiger partial charge is 0.236 e. The van der Waals surface area contributed by atoms with Crippen molar-refractivity contribution in [1.82, 2.24) is 24.7 Å². The van der Waals surface area contributed by atoms with Crippen LogP contribution < -0.4 is 5.32 Å².